The Morgan fingerprint density at radius 1 is 0.778 bits per heavy atom. The molecule has 0 bridgehead atoms. The summed E-state index contributed by atoms with van der Waals surface area (Å²) in [6.07, 6.45) is 1.54. The molecule has 0 fully saturated rings. The number of methoxy groups -OCH3 is 2. The molecular formula is C22H19N3O2. The number of benzene rings is 3. The van der Waals surface area contributed by atoms with Crippen molar-refractivity contribution in [2.75, 3.05) is 19.5 Å². The molecule has 0 aliphatic heterocycles. The van der Waals surface area contributed by atoms with Crippen LogP contribution >= 0.6 is 0 Å². The molecule has 0 spiro atoms. The van der Waals surface area contributed by atoms with E-state index in [0.717, 1.165) is 27.7 Å². The van der Waals surface area contributed by atoms with Gasteiger partial charge in [-0.2, -0.15) is 0 Å². The summed E-state index contributed by atoms with van der Waals surface area (Å²) in [5.74, 6) is 1.99. The fourth-order valence-electron chi connectivity index (χ4n) is 3.07. The maximum atomic E-state index is 5.43. The number of para-hydroxylation sites is 1. The third-order valence-corrected chi connectivity index (χ3v) is 4.41. The zero-order chi connectivity index (χ0) is 18.6. The smallest absolute Gasteiger partial charge is 0.162 e. The molecule has 4 aromatic rings. The van der Waals surface area contributed by atoms with Gasteiger partial charge in [0.2, 0.25) is 0 Å². The van der Waals surface area contributed by atoms with Crippen molar-refractivity contribution in [1.29, 1.82) is 0 Å². The van der Waals surface area contributed by atoms with Gasteiger partial charge in [0.25, 0.3) is 0 Å². The van der Waals surface area contributed by atoms with Gasteiger partial charge in [0.05, 0.1) is 19.7 Å². The molecule has 0 amide bonds. The lowest BCUT2D eigenvalue weighted by Crippen LogP contribution is -1.99. The van der Waals surface area contributed by atoms with Crippen molar-refractivity contribution in [3.05, 3.63) is 73.1 Å². The summed E-state index contributed by atoms with van der Waals surface area (Å²) in [5.41, 5.74) is 3.99. The molecule has 1 heterocycles. The SMILES string of the molecule is COc1cc2ncnc(Nc3ccccc3-c3ccccc3)c2cc1OC. The third kappa shape index (κ3) is 3.27. The van der Waals surface area contributed by atoms with E-state index in [0.29, 0.717) is 17.3 Å². The monoisotopic (exact) mass is 357 g/mol. The summed E-state index contributed by atoms with van der Waals surface area (Å²) in [7, 11) is 3.23. The quantitative estimate of drug-likeness (QED) is 0.541. The fraction of sp³-hybridized carbons (Fsp3) is 0.0909. The zero-order valence-corrected chi connectivity index (χ0v) is 15.1. The molecule has 134 valence electrons. The van der Waals surface area contributed by atoms with Gasteiger partial charge in [0, 0.05) is 22.7 Å². The van der Waals surface area contributed by atoms with Crippen molar-refractivity contribution >= 4 is 22.4 Å². The number of hydrogen-bond acceptors (Lipinski definition) is 5. The Morgan fingerprint density at radius 3 is 2.26 bits per heavy atom. The summed E-state index contributed by atoms with van der Waals surface area (Å²) < 4.78 is 10.8. The number of anilines is 2. The molecule has 0 saturated carbocycles. The topological polar surface area (TPSA) is 56.3 Å². The largest absolute Gasteiger partial charge is 0.493 e. The van der Waals surface area contributed by atoms with Crippen LogP contribution in [-0.2, 0) is 0 Å². The van der Waals surface area contributed by atoms with Gasteiger partial charge in [-0.1, -0.05) is 48.5 Å². The number of nitrogens with zero attached hydrogens (tertiary/aromatic N) is 2. The summed E-state index contributed by atoms with van der Waals surface area (Å²) in [6.45, 7) is 0. The Hall–Kier alpha value is -3.60. The van der Waals surface area contributed by atoms with E-state index >= 15 is 0 Å². The van der Waals surface area contributed by atoms with E-state index in [-0.39, 0.29) is 0 Å². The van der Waals surface area contributed by atoms with Crippen molar-refractivity contribution < 1.29 is 9.47 Å². The minimum Gasteiger partial charge on any atom is -0.493 e. The first kappa shape index (κ1) is 16.8. The molecule has 5 nitrogen and oxygen atoms in total. The molecule has 1 N–H and O–H groups in total. The lowest BCUT2D eigenvalue weighted by molar-refractivity contribution is 0.356. The second-order valence-electron chi connectivity index (χ2n) is 5.98. The van der Waals surface area contributed by atoms with Gasteiger partial charge in [-0.25, -0.2) is 9.97 Å². The van der Waals surface area contributed by atoms with Crippen LogP contribution in [0.3, 0.4) is 0 Å². The van der Waals surface area contributed by atoms with Crippen LogP contribution in [-0.4, -0.2) is 24.2 Å². The minimum absolute atomic E-state index is 0.638. The van der Waals surface area contributed by atoms with E-state index < -0.39 is 0 Å². The third-order valence-electron chi connectivity index (χ3n) is 4.41. The lowest BCUT2D eigenvalue weighted by atomic mass is 10.0. The number of nitrogens with one attached hydrogen (secondary N) is 1. The first-order chi connectivity index (χ1) is 13.3. The van der Waals surface area contributed by atoms with Crippen LogP contribution in [0.4, 0.5) is 11.5 Å². The van der Waals surface area contributed by atoms with Crippen LogP contribution in [0.2, 0.25) is 0 Å². The molecule has 4 rings (SSSR count). The van der Waals surface area contributed by atoms with E-state index in [4.69, 9.17) is 9.47 Å². The molecule has 0 saturated heterocycles. The molecule has 0 atom stereocenters. The molecule has 0 unspecified atom stereocenters. The Morgan fingerprint density at radius 2 is 1.48 bits per heavy atom. The number of hydrogen-bond donors (Lipinski definition) is 1. The van der Waals surface area contributed by atoms with E-state index in [2.05, 4.69) is 33.5 Å². The standard InChI is InChI=1S/C22H19N3O2/c1-26-20-12-17-19(13-21(20)27-2)23-14-24-22(17)25-18-11-7-6-10-16(18)15-8-4-3-5-9-15/h3-14H,1-2H3,(H,23,24,25). The van der Waals surface area contributed by atoms with Crippen LogP contribution in [0, 0.1) is 0 Å². The maximum Gasteiger partial charge on any atom is 0.162 e. The van der Waals surface area contributed by atoms with E-state index in [1.807, 2.05) is 48.5 Å². The van der Waals surface area contributed by atoms with E-state index in [1.165, 1.54) is 0 Å². The normalized spacial score (nSPS) is 10.6. The minimum atomic E-state index is 0.638. The highest BCUT2D eigenvalue weighted by Crippen LogP contribution is 2.36. The van der Waals surface area contributed by atoms with Gasteiger partial charge in [-0.05, 0) is 17.7 Å². The van der Waals surface area contributed by atoms with Crippen LogP contribution < -0.4 is 14.8 Å². The maximum absolute atomic E-state index is 5.43. The van der Waals surface area contributed by atoms with Gasteiger partial charge in [0.1, 0.15) is 12.1 Å². The predicted octanol–water partition coefficient (Wildman–Crippen LogP) is 5.06. The Bertz CT molecular complexity index is 1080. The molecule has 27 heavy (non-hydrogen) atoms. The average molecular weight is 357 g/mol. The van der Waals surface area contributed by atoms with Gasteiger partial charge in [-0.3, -0.25) is 0 Å². The summed E-state index contributed by atoms with van der Waals surface area (Å²) in [5, 5.41) is 4.31. The fourth-order valence-corrected chi connectivity index (χ4v) is 3.07. The molecule has 1 aromatic heterocycles. The highest BCUT2D eigenvalue weighted by molar-refractivity contribution is 5.94. The molecule has 0 aliphatic rings. The molecular weight excluding hydrogens is 338 g/mol. The highest BCUT2D eigenvalue weighted by atomic mass is 16.5. The van der Waals surface area contributed by atoms with Crippen molar-refractivity contribution in [3.63, 3.8) is 0 Å². The average Bonchev–Trinajstić information content (AvgIpc) is 2.74. The molecule has 3 aromatic carbocycles. The predicted molar refractivity (Wildman–Crippen MR) is 108 cm³/mol. The van der Waals surface area contributed by atoms with Gasteiger partial charge in [0.15, 0.2) is 11.5 Å². The van der Waals surface area contributed by atoms with E-state index in [9.17, 15) is 0 Å². The first-order valence-corrected chi connectivity index (χ1v) is 8.58. The summed E-state index contributed by atoms with van der Waals surface area (Å²) >= 11 is 0. The van der Waals surface area contributed by atoms with Crippen LogP contribution in [0.25, 0.3) is 22.0 Å². The van der Waals surface area contributed by atoms with E-state index in [1.54, 1.807) is 20.5 Å². The van der Waals surface area contributed by atoms with Gasteiger partial charge < -0.3 is 14.8 Å². The first-order valence-electron chi connectivity index (χ1n) is 8.58. The summed E-state index contributed by atoms with van der Waals surface area (Å²) in [4.78, 5) is 8.81. The Kier molecular flexibility index (Phi) is 4.58. The number of fused-ring (bicyclic) bond motifs is 1. The van der Waals surface area contributed by atoms with Crippen molar-refractivity contribution in [2.45, 2.75) is 0 Å². The molecule has 0 radical (unpaired) electrons. The van der Waals surface area contributed by atoms with Crippen LogP contribution in [0.15, 0.2) is 73.1 Å². The highest BCUT2D eigenvalue weighted by Gasteiger charge is 2.12. The van der Waals surface area contributed by atoms with Crippen molar-refractivity contribution in [2.24, 2.45) is 0 Å². The molecule has 0 aliphatic carbocycles. The van der Waals surface area contributed by atoms with Crippen LogP contribution in [0.1, 0.15) is 0 Å². The second kappa shape index (κ2) is 7.33. The Balaban J connectivity index is 1.81. The van der Waals surface area contributed by atoms with Gasteiger partial charge in [-0.15, -0.1) is 0 Å². The van der Waals surface area contributed by atoms with Gasteiger partial charge >= 0.3 is 0 Å². The van der Waals surface area contributed by atoms with Crippen LogP contribution in [0.5, 0.6) is 11.5 Å². The number of rotatable bonds is 5. The second-order valence-corrected chi connectivity index (χ2v) is 5.98. The van der Waals surface area contributed by atoms with Crippen molar-refractivity contribution in [1.82, 2.24) is 9.97 Å². The summed E-state index contributed by atoms with van der Waals surface area (Å²) in [6, 6.07) is 22.2. The van der Waals surface area contributed by atoms with Crippen molar-refractivity contribution in [3.8, 4) is 22.6 Å². The lowest BCUT2D eigenvalue weighted by Gasteiger charge is -2.14. The molecule has 5 heteroatoms. The Labute approximate surface area is 157 Å². The number of ether oxygens (including phenoxy) is 2. The zero-order valence-electron chi connectivity index (χ0n) is 15.1. The number of aromatic nitrogens is 2.